The van der Waals surface area contributed by atoms with Crippen molar-refractivity contribution in [3.8, 4) is 0 Å². The molecule has 14 heavy (non-hydrogen) atoms. The lowest BCUT2D eigenvalue weighted by Crippen LogP contribution is -2.13. The van der Waals surface area contributed by atoms with Crippen LogP contribution < -0.4 is 0 Å². The van der Waals surface area contributed by atoms with E-state index in [1.165, 1.54) is 25.7 Å². The van der Waals surface area contributed by atoms with Crippen molar-refractivity contribution in [2.45, 2.75) is 43.8 Å². The van der Waals surface area contributed by atoms with Crippen LogP contribution in [-0.4, -0.2) is 26.9 Å². The highest BCUT2D eigenvalue weighted by Gasteiger charge is 2.20. The van der Waals surface area contributed by atoms with Crippen molar-refractivity contribution in [3.05, 3.63) is 0 Å². The van der Waals surface area contributed by atoms with E-state index in [0.29, 0.717) is 5.25 Å². The van der Waals surface area contributed by atoms with Crippen molar-refractivity contribution in [3.63, 3.8) is 0 Å². The number of nitrogens with zero attached hydrogens (tertiary/aromatic N) is 1. The van der Waals surface area contributed by atoms with Gasteiger partial charge in [-0.2, -0.15) is 0 Å². The van der Waals surface area contributed by atoms with Crippen LogP contribution in [0.4, 0.5) is 0 Å². The standard InChI is InChI=1S/C10H17NOS2/c12-14(10-5-1-2-6-10)8-4-3-7-11-9-13/h10H,1-8H2. The van der Waals surface area contributed by atoms with Crippen molar-refractivity contribution in [2.75, 3.05) is 12.3 Å². The van der Waals surface area contributed by atoms with Gasteiger partial charge < -0.3 is 0 Å². The van der Waals surface area contributed by atoms with Crippen LogP contribution in [-0.2, 0) is 10.8 Å². The first-order valence-electron chi connectivity index (χ1n) is 5.25. The normalized spacial score (nSPS) is 19.1. The zero-order valence-corrected chi connectivity index (χ0v) is 10.0. The molecule has 0 N–H and O–H groups in total. The molecule has 0 aromatic carbocycles. The van der Waals surface area contributed by atoms with Crippen molar-refractivity contribution >= 4 is 28.2 Å². The molecule has 0 saturated heterocycles. The molecule has 0 heterocycles. The summed E-state index contributed by atoms with van der Waals surface area (Å²) in [5.41, 5.74) is 0. The third-order valence-electron chi connectivity index (χ3n) is 2.60. The molecule has 80 valence electrons. The smallest absolute Gasteiger partial charge is 0.0584 e. The Hall–Kier alpha value is -0.0500. The number of hydrogen-bond acceptors (Lipinski definition) is 3. The molecule has 0 aromatic heterocycles. The van der Waals surface area contributed by atoms with E-state index in [1.807, 2.05) is 0 Å². The van der Waals surface area contributed by atoms with Crippen LogP contribution in [0.1, 0.15) is 38.5 Å². The van der Waals surface area contributed by atoms with Gasteiger partial charge in [0.05, 0.1) is 5.16 Å². The number of thiocarbonyl (C=S) groups is 1. The quantitative estimate of drug-likeness (QED) is 0.399. The van der Waals surface area contributed by atoms with Gasteiger partial charge in [0.2, 0.25) is 0 Å². The van der Waals surface area contributed by atoms with Crippen LogP contribution >= 0.6 is 12.2 Å². The van der Waals surface area contributed by atoms with Gasteiger partial charge in [-0.15, -0.1) is 0 Å². The zero-order valence-electron chi connectivity index (χ0n) is 8.41. The van der Waals surface area contributed by atoms with Crippen molar-refractivity contribution in [1.82, 2.24) is 0 Å². The average Bonchev–Trinajstić information content (AvgIpc) is 2.70. The molecule has 1 unspecified atom stereocenters. The maximum Gasteiger partial charge on any atom is 0.0584 e. The molecule has 1 aliphatic rings. The van der Waals surface area contributed by atoms with Crippen LogP contribution in [0.2, 0.25) is 0 Å². The van der Waals surface area contributed by atoms with Gasteiger partial charge in [0.15, 0.2) is 0 Å². The molecule has 0 amide bonds. The van der Waals surface area contributed by atoms with Crippen LogP contribution in [0.15, 0.2) is 4.99 Å². The Morgan fingerprint density at radius 3 is 2.71 bits per heavy atom. The lowest BCUT2D eigenvalue weighted by molar-refractivity contribution is 0.664. The highest BCUT2D eigenvalue weighted by atomic mass is 32.2. The van der Waals surface area contributed by atoms with E-state index in [1.54, 1.807) is 0 Å². The van der Waals surface area contributed by atoms with Crippen LogP contribution in [0.25, 0.3) is 0 Å². The molecule has 0 aromatic rings. The minimum Gasteiger partial charge on any atom is -0.259 e. The first kappa shape index (κ1) is 12.0. The molecule has 1 rings (SSSR count). The summed E-state index contributed by atoms with van der Waals surface area (Å²) in [4.78, 5) is 3.83. The van der Waals surface area contributed by atoms with E-state index in [-0.39, 0.29) is 0 Å². The Labute approximate surface area is 93.6 Å². The first-order valence-corrected chi connectivity index (χ1v) is 7.04. The van der Waals surface area contributed by atoms with Crippen LogP contribution in [0, 0.1) is 0 Å². The van der Waals surface area contributed by atoms with E-state index in [2.05, 4.69) is 22.4 Å². The van der Waals surface area contributed by atoms with Crippen molar-refractivity contribution in [2.24, 2.45) is 4.99 Å². The number of unbranched alkanes of at least 4 members (excludes halogenated alkanes) is 1. The van der Waals surface area contributed by atoms with Gasteiger partial charge in [0, 0.05) is 28.3 Å². The summed E-state index contributed by atoms with van der Waals surface area (Å²) in [5.74, 6) is 0.845. The fourth-order valence-corrected chi connectivity index (χ4v) is 3.57. The van der Waals surface area contributed by atoms with Crippen molar-refractivity contribution < 1.29 is 4.21 Å². The fraction of sp³-hybridized carbons (Fsp3) is 0.900. The summed E-state index contributed by atoms with van der Waals surface area (Å²) in [6, 6.07) is 0. The molecular formula is C10H17NOS2. The van der Waals surface area contributed by atoms with E-state index in [9.17, 15) is 4.21 Å². The molecule has 1 aliphatic carbocycles. The van der Waals surface area contributed by atoms with E-state index in [4.69, 9.17) is 0 Å². The molecule has 2 nitrogen and oxygen atoms in total. The molecule has 4 heteroatoms. The topological polar surface area (TPSA) is 29.4 Å². The minimum absolute atomic E-state index is 0.490. The summed E-state index contributed by atoms with van der Waals surface area (Å²) in [6.07, 6.45) is 6.87. The Kier molecular flexibility index (Phi) is 6.24. The SMILES string of the molecule is O=S(CCCCN=C=S)C1CCCC1. The highest BCUT2D eigenvalue weighted by molar-refractivity contribution is 7.85. The summed E-state index contributed by atoms with van der Waals surface area (Å²) < 4.78 is 11.7. The van der Waals surface area contributed by atoms with E-state index < -0.39 is 10.8 Å². The second kappa shape index (κ2) is 7.27. The lowest BCUT2D eigenvalue weighted by atomic mass is 10.3. The molecule has 1 atom stereocenters. The summed E-state index contributed by atoms with van der Waals surface area (Å²) >= 11 is 4.46. The van der Waals surface area contributed by atoms with Gasteiger partial charge in [-0.25, -0.2) is 4.99 Å². The number of isothiocyanates is 1. The minimum atomic E-state index is -0.589. The molecule has 0 spiro atoms. The Morgan fingerprint density at radius 2 is 2.07 bits per heavy atom. The monoisotopic (exact) mass is 231 g/mol. The predicted molar refractivity (Wildman–Crippen MR) is 64.4 cm³/mol. The molecule has 1 saturated carbocycles. The molecule has 1 fully saturated rings. The third kappa shape index (κ3) is 4.45. The van der Waals surface area contributed by atoms with Crippen molar-refractivity contribution in [1.29, 1.82) is 0 Å². The Bertz CT molecular complexity index is 230. The summed E-state index contributed by atoms with van der Waals surface area (Å²) in [6.45, 7) is 0.741. The maximum absolute atomic E-state index is 11.7. The Balaban J connectivity index is 2.05. The largest absolute Gasteiger partial charge is 0.259 e. The van der Waals surface area contributed by atoms with Crippen LogP contribution in [0.5, 0.6) is 0 Å². The number of hydrogen-bond donors (Lipinski definition) is 0. The van der Waals surface area contributed by atoms with Gasteiger partial charge in [-0.1, -0.05) is 12.8 Å². The van der Waals surface area contributed by atoms with Gasteiger partial charge >= 0.3 is 0 Å². The van der Waals surface area contributed by atoms with E-state index in [0.717, 1.165) is 25.1 Å². The molecule has 0 bridgehead atoms. The van der Waals surface area contributed by atoms with Gasteiger partial charge in [-0.05, 0) is 37.9 Å². The molecule has 0 aliphatic heterocycles. The van der Waals surface area contributed by atoms with Gasteiger partial charge in [0.25, 0.3) is 0 Å². The van der Waals surface area contributed by atoms with E-state index >= 15 is 0 Å². The molecular weight excluding hydrogens is 214 g/mol. The summed E-state index contributed by atoms with van der Waals surface area (Å²) in [5, 5.41) is 2.83. The lowest BCUT2D eigenvalue weighted by Gasteiger charge is -2.07. The Morgan fingerprint density at radius 1 is 1.36 bits per heavy atom. The zero-order chi connectivity index (χ0) is 10.2. The average molecular weight is 231 g/mol. The van der Waals surface area contributed by atoms with Gasteiger partial charge in [-0.3, -0.25) is 4.21 Å². The second-order valence-electron chi connectivity index (χ2n) is 3.67. The highest BCUT2D eigenvalue weighted by Crippen LogP contribution is 2.23. The predicted octanol–water partition coefficient (Wildman–Crippen LogP) is 2.56. The maximum atomic E-state index is 11.7. The third-order valence-corrected chi connectivity index (χ3v) is 4.64. The number of rotatable bonds is 6. The first-order chi connectivity index (χ1) is 6.84. The fourth-order valence-electron chi connectivity index (χ4n) is 1.80. The van der Waals surface area contributed by atoms with Crippen LogP contribution in [0.3, 0.4) is 0 Å². The molecule has 0 radical (unpaired) electrons. The second-order valence-corrected chi connectivity index (χ2v) is 5.69. The number of aliphatic imine (C=N–C) groups is 1. The van der Waals surface area contributed by atoms with Gasteiger partial charge in [0.1, 0.15) is 0 Å². The summed E-state index contributed by atoms with van der Waals surface area (Å²) in [7, 11) is -0.589.